The minimum Gasteiger partial charge on any atom is -0.481 e. The van der Waals surface area contributed by atoms with Gasteiger partial charge in [-0.05, 0) is 45.0 Å². The Balaban J connectivity index is 2.10. The van der Waals surface area contributed by atoms with Gasteiger partial charge in [0.2, 0.25) is 10.0 Å². The lowest BCUT2D eigenvalue weighted by atomic mass is 10.2. The molecule has 0 bridgehead atoms. The Morgan fingerprint density at radius 3 is 2.27 bits per heavy atom. The summed E-state index contributed by atoms with van der Waals surface area (Å²) in [5.41, 5.74) is 0.268. The summed E-state index contributed by atoms with van der Waals surface area (Å²) < 4.78 is 32.5. The van der Waals surface area contributed by atoms with E-state index in [1.54, 1.807) is 6.92 Å². The van der Waals surface area contributed by atoms with E-state index in [2.05, 4.69) is 5.32 Å². The number of sulfonamides is 1. The Morgan fingerprint density at radius 1 is 1.23 bits per heavy atom. The van der Waals surface area contributed by atoms with Crippen LogP contribution in [0.2, 0.25) is 0 Å². The molecular weight excluding hydrogens is 360 g/mol. The van der Waals surface area contributed by atoms with Crippen molar-refractivity contribution < 1.29 is 27.9 Å². The molecule has 2 rings (SSSR count). The lowest BCUT2D eigenvalue weighted by molar-refractivity contribution is -0.137. The van der Waals surface area contributed by atoms with Crippen LogP contribution < -0.4 is 5.32 Å². The molecule has 9 heteroatoms. The predicted octanol–water partition coefficient (Wildman–Crippen LogP) is 1.08. The van der Waals surface area contributed by atoms with Crippen molar-refractivity contribution >= 4 is 21.9 Å². The summed E-state index contributed by atoms with van der Waals surface area (Å²) in [6.45, 7) is 5.79. The number of carbonyl (C=O) groups is 2. The highest BCUT2D eigenvalue weighted by atomic mass is 32.2. The van der Waals surface area contributed by atoms with Crippen LogP contribution in [0.25, 0.3) is 0 Å². The summed E-state index contributed by atoms with van der Waals surface area (Å²) in [5.74, 6) is -1.45. The van der Waals surface area contributed by atoms with Crippen molar-refractivity contribution in [3.8, 4) is 0 Å². The van der Waals surface area contributed by atoms with Crippen LogP contribution in [0.1, 0.15) is 37.6 Å². The highest BCUT2D eigenvalue weighted by Crippen LogP contribution is 2.21. The van der Waals surface area contributed by atoms with Crippen molar-refractivity contribution in [2.75, 3.05) is 13.1 Å². The third-order valence-electron chi connectivity index (χ3n) is 4.00. The fourth-order valence-corrected chi connectivity index (χ4v) is 4.46. The molecule has 0 aliphatic carbocycles. The second-order valence-electron chi connectivity index (χ2n) is 6.58. The van der Waals surface area contributed by atoms with Crippen LogP contribution in [-0.4, -0.2) is 61.0 Å². The molecule has 1 aromatic carbocycles. The number of carboxylic acid groups (broad SMARTS) is 1. The number of hydrogen-bond acceptors (Lipinski definition) is 5. The summed E-state index contributed by atoms with van der Waals surface area (Å²) in [5, 5.41) is 11.3. The highest BCUT2D eigenvalue weighted by molar-refractivity contribution is 7.89. The molecule has 3 unspecified atom stereocenters. The van der Waals surface area contributed by atoms with E-state index in [4.69, 9.17) is 9.84 Å². The number of benzene rings is 1. The largest absolute Gasteiger partial charge is 0.481 e. The highest BCUT2D eigenvalue weighted by Gasteiger charge is 2.32. The maximum Gasteiger partial charge on any atom is 0.305 e. The molecule has 2 N–H and O–H groups in total. The van der Waals surface area contributed by atoms with E-state index in [1.165, 1.54) is 28.6 Å². The van der Waals surface area contributed by atoms with Crippen molar-refractivity contribution in [3.05, 3.63) is 29.8 Å². The lowest BCUT2D eigenvalue weighted by Gasteiger charge is -2.34. The zero-order valence-corrected chi connectivity index (χ0v) is 15.8. The standard InChI is InChI=1S/C17H24N2O6S/c1-11(8-16(20)21)18-17(22)14-4-6-15(7-5-14)26(23,24)19-9-12(2)25-13(3)10-19/h4-7,11-13H,8-10H2,1-3H3,(H,18,22)(H,20,21). The fraction of sp³-hybridized carbons (Fsp3) is 0.529. The molecule has 144 valence electrons. The molecule has 26 heavy (non-hydrogen) atoms. The van der Waals surface area contributed by atoms with E-state index < -0.39 is 27.9 Å². The first-order valence-electron chi connectivity index (χ1n) is 8.38. The van der Waals surface area contributed by atoms with Crippen LogP contribution in [0, 0.1) is 0 Å². The predicted molar refractivity (Wildman–Crippen MR) is 94.4 cm³/mol. The third-order valence-corrected chi connectivity index (χ3v) is 5.84. The van der Waals surface area contributed by atoms with Crippen LogP contribution in [0.3, 0.4) is 0 Å². The second kappa shape index (κ2) is 8.15. The topological polar surface area (TPSA) is 113 Å². The van der Waals surface area contributed by atoms with E-state index in [9.17, 15) is 18.0 Å². The van der Waals surface area contributed by atoms with Gasteiger partial charge in [-0.15, -0.1) is 0 Å². The van der Waals surface area contributed by atoms with E-state index >= 15 is 0 Å². The number of aliphatic carboxylic acids is 1. The van der Waals surface area contributed by atoms with Gasteiger partial charge in [0.05, 0.1) is 23.5 Å². The average molecular weight is 384 g/mol. The molecule has 1 fully saturated rings. The zero-order valence-electron chi connectivity index (χ0n) is 15.0. The van der Waals surface area contributed by atoms with Gasteiger partial charge in [0.15, 0.2) is 0 Å². The number of morpholine rings is 1. The Labute approximate surface area is 153 Å². The second-order valence-corrected chi connectivity index (χ2v) is 8.51. The van der Waals surface area contributed by atoms with E-state index in [-0.39, 0.29) is 42.2 Å². The van der Waals surface area contributed by atoms with E-state index in [1.807, 2.05) is 13.8 Å². The summed E-state index contributed by atoms with van der Waals surface area (Å²) >= 11 is 0. The van der Waals surface area contributed by atoms with Gasteiger partial charge in [0, 0.05) is 24.7 Å². The molecule has 1 saturated heterocycles. The number of ether oxygens (including phenoxy) is 1. The molecule has 3 atom stereocenters. The fourth-order valence-electron chi connectivity index (χ4n) is 2.87. The van der Waals surface area contributed by atoms with Crippen molar-refractivity contribution in [2.45, 2.75) is 50.3 Å². The average Bonchev–Trinajstić information content (AvgIpc) is 2.53. The van der Waals surface area contributed by atoms with Crippen molar-refractivity contribution in [2.24, 2.45) is 0 Å². The van der Waals surface area contributed by atoms with Gasteiger partial charge >= 0.3 is 5.97 Å². The maximum atomic E-state index is 12.8. The molecule has 1 aliphatic rings. The molecule has 1 amide bonds. The summed E-state index contributed by atoms with van der Waals surface area (Å²) in [6.07, 6.45) is -0.561. The number of carbonyl (C=O) groups excluding carboxylic acids is 1. The van der Waals surface area contributed by atoms with Crippen molar-refractivity contribution in [1.29, 1.82) is 0 Å². The summed E-state index contributed by atoms with van der Waals surface area (Å²) in [4.78, 5) is 22.9. The van der Waals surface area contributed by atoms with Crippen molar-refractivity contribution in [3.63, 3.8) is 0 Å². The Kier molecular flexibility index (Phi) is 6.38. The van der Waals surface area contributed by atoms with E-state index in [0.29, 0.717) is 0 Å². The minimum atomic E-state index is -3.67. The molecular formula is C17H24N2O6S. The van der Waals surface area contributed by atoms with Gasteiger partial charge in [0.1, 0.15) is 0 Å². The van der Waals surface area contributed by atoms with Gasteiger partial charge in [0.25, 0.3) is 5.91 Å². The van der Waals surface area contributed by atoms with Gasteiger partial charge < -0.3 is 15.2 Å². The van der Waals surface area contributed by atoms with Gasteiger partial charge in [-0.1, -0.05) is 0 Å². The van der Waals surface area contributed by atoms with Gasteiger partial charge in [-0.3, -0.25) is 9.59 Å². The number of rotatable bonds is 6. The molecule has 1 heterocycles. The molecule has 0 saturated carbocycles. The molecule has 0 aromatic heterocycles. The SMILES string of the molecule is CC(CC(=O)O)NC(=O)c1ccc(S(=O)(=O)N2CC(C)OC(C)C2)cc1. The summed E-state index contributed by atoms with van der Waals surface area (Å²) in [7, 11) is -3.67. The van der Waals surface area contributed by atoms with Crippen LogP contribution in [0.4, 0.5) is 0 Å². The molecule has 0 radical (unpaired) electrons. The van der Waals surface area contributed by atoms with Crippen molar-refractivity contribution in [1.82, 2.24) is 9.62 Å². The number of nitrogens with one attached hydrogen (secondary N) is 1. The zero-order chi connectivity index (χ0) is 19.5. The Bertz CT molecular complexity index is 752. The minimum absolute atomic E-state index is 0.105. The lowest BCUT2D eigenvalue weighted by Crippen LogP contribution is -2.48. The van der Waals surface area contributed by atoms with E-state index in [0.717, 1.165) is 0 Å². The summed E-state index contributed by atoms with van der Waals surface area (Å²) in [6, 6.07) is 5.08. The van der Waals surface area contributed by atoms with Gasteiger partial charge in [-0.2, -0.15) is 4.31 Å². The first kappa shape index (κ1) is 20.3. The van der Waals surface area contributed by atoms with Crippen LogP contribution in [-0.2, 0) is 19.6 Å². The quantitative estimate of drug-likeness (QED) is 0.759. The third kappa shape index (κ3) is 5.03. The Morgan fingerprint density at radius 2 is 1.77 bits per heavy atom. The van der Waals surface area contributed by atoms with Crippen LogP contribution >= 0.6 is 0 Å². The first-order valence-corrected chi connectivity index (χ1v) is 9.82. The molecule has 8 nitrogen and oxygen atoms in total. The number of hydrogen-bond donors (Lipinski definition) is 2. The molecule has 0 spiro atoms. The monoisotopic (exact) mass is 384 g/mol. The number of nitrogens with zero attached hydrogens (tertiary/aromatic N) is 1. The van der Waals surface area contributed by atoms with Crippen LogP contribution in [0.15, 0.2) is 29.2 Å². The first-order chi connectivity index (χ1) is 12.1. The maximum absolute atomic E-state index is 12.8. The van der Waals surface area contributed by atoms with Crippen LogP contribution in [0.5, 0.6) is 0 Å². The molecule has 1 aliphatic heterocycles. The Hall–Kier alpha value is -1.97. The number of carboxylic acids is 1. The smallest absolute Gasteiger partial charge is 0.305 e. The van der Waals surface area contributed by atoms with Gasteiger partial charge in [-0.25, -0.2) is 8.42 Å². The molecule has 1 aromatic rings. The normalized spacial score (nSPS) is 22.6. The number of amides is 1.